The molecule has 120 valence electrons. The first kappa shape index (κ1) is 15.2. The molecule has 0 radical (unpaired) electrons. The van der Waals surface area contributed by atoms with Crippen molar-refractivity contribution in [1.29, 1.82) is 0 Å². The molecule has 1 heterocycles. The molecule has 1 aliphatic rings. The van der Waals surface area contributed by atoms with Crippen LogP contribution in [-0.2, 0) is 6.42 Å². The van der Waals surface area contributed by atoms with Crippen molar-refractivity contribution in [2.75, 3.05) is 24.9 Å². The molecule has 1 unspecified atom stereocenters. The number of hydrogen-bond acceptors (Lipinski definition) is 4. The number of amides is 1. The number of rotatable bonds is 3. The molecule has 2 aromatic rings. The topological polar surface area (TPSA) is 64.8 Å². The lowest BCUT2D eigenvalue weighted by Gasteiger charge is -2.23. The molecule has 0 spiro atoms. The van der Waals surface area contributed by atoms with Crippen LogP contribution in [0.2, 0.25) is 0 Å². The number of carbonyl (C=O) groups excluding carboxylic acids is 1. The maximum atomic E-state index is 13.0. The van der Waals surface area contributed by atoms with Gasteiger partial charge in [0.2, 0.25) is 0 Å². The fourth-order valence-corrected chi connectivity index (χ4v) is 3.04. The van der Waals surface area contributed by atoms with Crippen molar-refractivity contribution in [2.24, 2.45) is 0 Å². The van der Waals surface area contributed by atoms with E-state index in [4.69, 9.17) is 15.2 Å². The van der Waals surface area contributed by atoms with E-state index in [1.165, 1.54) is 0 Å². The molecule has 0 aliphatic carbocycles. The van der Waals surface area contributed by atoms with Crippen LogP contribution in [0, 0.1) is 0 Å². The van der Waals surface area contributed by atoms with Crippen LogP contribution in [0.4, 0.5) is 11.4 Å². The van der Waals surface area contributed by atoms with Gasteiger partial charge in [0.15, 0.2) is 11.5 Å². The third-order valence-corrected chi connectivity index (χ3v) is 4.17. The Morgan fingerprint density at radius 3 is 2.57 bits per heavy atom. The van der Waals surface area contributed by atoms with Crippen LogP contribution < -0.4 is 20.1 Å². The average molecular weight is 312 g/mol. The maximum Gasteiger partial charge on any atom is 0.258 e. The van der Waals surface area contributed by atoms with Crippen molar-refractivity contribution in [3.05, 3.63) is 47.5 Å². The van der Waals surface area contributed by atoms with Crippen molar-refractivity contribution in [1.82, 2.24) is 0 Å². The molecule has 0 fully saturated rings. The second-order valence-corrected chi connectivity index (χ2v) is 5.69. The summed E-state index contributed by atoms with van der Waals surface area (Å²) in [5.41, 5.74) is 9.13. The van der Waals surface area contributed by atoms with Gasteiger partial charge in [-0.15, -0.1) is 0 Å². The lowest BCUT2D eigenvalue weighted by molar-refractivity contribution is 0.0981. The molecule has 0 saturated heterocycles. The van der Waals surface area contributed by atoms with Gasteiger partial charge in [-0.1, -0.05) is 6.07 Å². The number of hydrogen-bond donors (Lipinski definition) is 1. The zero-order valence-corrected chi connectivity index (χ0v) is 13.5. The molecule has 1 aliphatic heterocycles. The molecule has 1 atom stereocenters. The van der Waals surface area contributed by atoms with Crippen molar-refractivity contribution < 1.29 is 14.3 Å². The largest absolute Gasteiger partial charge is 0.493 e. The monoisotopic (exact) mass is 312 g/mol. The minimum absolute atomic E-state index is 0.0668. The van der Waals surface area contributed by atoms with Gasteiger partial charge in [-0.05, 0) is 49.2 Å². The van der Waals surface area contributed by atoms with Crippen molar-refractivity contribution in [3.63, 3.8) is 0 Å². The van der Waals surface area contributed by atoms with Crippen LogP contribution in [-0.4, -0.2) is 26.2 Å². The van der Waals surface area contributed by atoms with E-state index >= 15 is 0 Å². The summed E-state index contributed by atoms with van der Waals surface area (Å²) in [5.74, 6) is 1.07. The summed E-state index contributed by atoms with van der Waals surface area (Å²) >= 11 is 0. The van der Waals surface area contributed by atoms with Gasteiger partial charge in [0.1, 0.15) is 0 Å². The van der Waals surface area contributed by atoms with E-state index in [9.17, 15) is 4.79 Å². The van der Waals surface area contributed by atoms with E-state index in [1.807, 2.05) is 25.1 Å². The molecule has 0 saturated carbocycles. The highest BCUT2D eigenvalue weighted by Crippen LogP contribution is 2.36. The first-order chi connectivity index (χ1) is 11.0. The summed E-state index contributed by atoms with van der Waals surface area (Å²) in [5, 5.41) is 0. The lowest BCUT2D eigenvalue weighted by atomic mass is 10.1. The van der Waals surface area contributed by atoms with Gasteiger partial charge in [-0.2, -0.15) is 0 Å². The van der Waals surface area contributed by atoms with E-state index in [-0.39, 0.29) is 11.9 Å². The summed E-state index contributed by atoms with van der Waals surface area (Å²) in [6, 6.07) is 11.0. The molecular weight excluding hydrogens is 292 g/mol. The molecule has 0 aromatic heterocycles. The van der Waals surface area contributed by atoms with E-state index in [0.29, 0.717) is 22.7 Å². The smallest absolute Gasteiger partial charge is 0.258 e. The Kier molecular flexibility index (Phi) is 3.86. The Morgan fingerprint density at radius 1 is 1.13 bits per heavy atom. The van der Waals surface area contributed by atoms with Crippen molar-refractivity contribution in [3.8, 4) is 11.5 Å². The minimum Gasteiger partial charge on any atom is -0.493 e. The molecule has 2 N–H and O–H groups in total. The van der Waals surface area contributed by atoms with E-state index in [2.05, 4.69) is 0 Å². The number of anilines is 2. The summed E-state index contributed by atoms with van der Waals surface area (Å²) in [6.45, 7) is 2.04. The predicted molar refractivity (Wildman–Crippen MR) is 90.4 cm³/mol. The minimum atomic E-state index is -0.0668. The van der Waals surface area contributed by atoms with Gasteiger partial charge in [-0.3, -0.25) is 4.79 Å². The molecule has 5 heteroatoms. The predicted octanol–water partition coefficient (Wildman–Crippen LogP) is 2.88. The average Bonchev–Trinajstić information content (AvgIpc) is 2.88. The summed E-state index contributed by atoms with van der Waals surface area (Å²) in [6.07, 6.45) is 0.828. The molecule has 23 heavy (non-hydrogen) atoms. The molecular formula is C18H20N2O3. The Bertz CT molecular complexity index is 758. The van der Waals surface area contributed by atoms with E-state index in [1.54, 1.807) is 37.3 Å². The third kappa shape index (κ3) is 2.59. The number of ether oxygens (including phenoxy) is 2. The number of nitrogens with two attached hydrogens (primary N) is 1. The standard InChI is InChI=1S/C18H20N2O3/c1-11-8-12-4-6-14(19)10-15(12)20(11)18(21)13-5-7-16(22-2)17(9-13)23-3/h4-7,9-11H,8,19H2,1-3H3. The summed E-state index contributed by atoms with van der Waals surface area (Å²) in [4.78, 5) is 14.8. The van der Waals surface area contributed by atoms with Gasteiger partial charge in [0.25, 0.3) is 5.91 Å². The zero-order valence-electron chi connectivity index (χ0n) is 13.5. The van der Waals surface area contributed by atoms with Gasteiger partial charge < -0.3 is 20.1 Å². The Balaban J connectivity index is 2.00. The fraction of sp³-hybridized carbons (Fsp3) is 0.278. The lowest BCUT2D eigenvalue weighted by Crippen LogP contribution is -2.35. The highest BCUT2D eigenvalue weighted by Gasteiger charge is 2.32. The highest BCUT2D eigenvalue weighted by molar-refractivity contribution is 6.08. The summed E-state index contributed by atoms with van der Waals surface area (Å²) < 4.78 is 10.5. The number of carbonyl (C=O) groups is 1. The van der Waals surface area contributed by atoms with Crippen LogP contribution in [0.25, 0.3) is 0 Å². The zero-order chi connectivity index (χ0) is 16.6. The van der Waals surface area contributed by atoms with E-state index in [0.717, 1.165) is 17.7 Å². The first-order valence-corrected chi connectivity index (χ1v) is 7.49. The third-order valence-electron chi connectivity index (χ3n) is 4.17. The van der Waals surface area contributed by atoms with Crippen molar-refractivity contribution >= 4 is 17.3 Å². The Hall–Kier alpha value is -2.69. The van der Waals surface area contributed by atoms with Crippen LogP contribution in [0.3, 0.4) is 0 Å². The van der Waals surface area contributed by atoms with Crippen LogP contribution >= 0.6 is 0 Å². The number of benzene rings is 2. The fourth-order valence-electron chi connectivity index (χ4n) is 3.04. The SMILES string of the molecule is COc1ccc(C(=O)N2c3cc(N)ccc3CC2C)cc1OC. The maximum absolute atomic E-state index is 13.0. The molecule has 1 amide bonds. The summed E-state index contributed by atoms with van der Waals surface area (Å²) in [7, 11) is 3.13. The molecule has 5 nitrogen and oxygen atoms in total. The normalized spacial score (nSPS) is 16.1. The molecule has 0 bridgehead atoms. The van der Waals surface area contributed by atoms with Gasteiger partial charge in [0, 0.05) is 23.0 Å². The number of methoxy groups -OCH3 is 2. The van der Waals surface area contributed by atoms with E-state index < -0.39 is 0 Å². The Labute approximate surface area is 135 Å². The number of nitrogens with zero attached hydrogens (tertiary/aromatic N) is 1. The van der Waals surface area contributed by atoms with Gasteiger partial charge in [0.05, 0.1) is 14.2 Å². The van der Waals surface area contributed by atoms with Gasteiger partial charge in [-0.25, -0.2) is 0 Å². The second-order valence-electron chi connectivity index (χ2n) is 5.69. The second kappa shape index (κ2) is 5.83. The quantitative estimate of drug-likeness (QED) is 0.885. The Morgan fingerprint density at radius 2 is 1.87 bits per heavy atom. The van der Waals surface area contributed by atoms with Gasteiger partial charge >= 0.3 is 0 Å². The highest BCUT2D eigenvalue weighted by atomic mass is 16.5. The van der Waals surface area contributed by atoms with Crippen LogP contribution in [0.15, 0.2) is 36.4 Å². The van der Waals surface area contributed by atoms with Crippen LogP contribution in [0.5, 0.6) is 11.5 Å². The first-order valence-electron chi connectivity index (χ1n) is 7.49. The number of fused-ring (bicyclic) bond motifs is 1. The van der Waals surface area contributed by atoms with Crippen LogP contribution in [0.1, 0.15) is 22.8 Å². The molecule has 2 aromatic carbocycles. The van der Waals surface area contributed by atoms with Crippen molar-refractivity contribution in [2.45, 2.75) is 19.4 Å². The molecule has 3 rings (SSSR count). The number of nitrogen functional groups attached to an aromatic ring is 1.